The van der Waals surface area contributed by atoms with Gasteiger partial charge in [-0.2, -0.15) is 4.52 Å². The van der Waals surface area contributed by atoms with Crippen molar-refractivity contribution in [2.75, 3.05) is 58.3 Å². The van der Waals surface area contributed by atoms with Crippen molar-refractivity contribution in [1.82, 2.24) is 34.6 Å². The molecule has 0 aliphatic carbocycles. The molecule has 0 radical (unpaired) electrons. The van der Waals surface area contributed by atoms with Gasteiger partial charge in [0.25, 0.3) is 0 Å². The second-order valence-electron chi connectivity index (χ2n) is 13.3. The number of fused-ring (bicyclic) bond motifs is 3. The number of aromatic nitrogens is 3. The highest BCUT2D eigenvalue weighted by Gasteiger charge is 2.47. The number of hydrogen-bond acceptors (Lipinski definition) is 9. The minimum absolute atomic E-state index is 0.0234. The van der Waals surface area contributed by atoms with Crippen molar-refractivity contribution in [3.63, 3.8) is 0 Å². The van der Waals surface area contributed by atoms with E-state index in [0.29, 0.717) is 11.9 Å². The van der Waals surface area contributed by atoms with Crippen molar-refractivity contribution >= 4 is 17.6 Å². The smallest absolute Gasteiger partial charge is 0.410 e. The minimum Gasteiger partial charge on any atom is -0.472 e. The van der Waals surface area contributed by atoms with E-state index < -0.39 is 0 Å². The molecule has 11 nitrogen and oxygen atoms in total. The molecule has 2 bridgehead atoms. The Hall–Kier alpha value is -2.89. The number of ether oxygens (including phenoxy) is 2. The molecule has 1 amide bonds. The maximum absolute atomic E-state index is 13.5. The van der Waals surface area contributed by atoms with E-state index in [1.165, 1.54) is 0 Å². The van der Waals surface area contributed by atoms with Crippen LogP contribution in [0.1, 0.15) is 58.8 Å². The van der Waals surface area contributed by atoms with Gasteiger partial charge in [0.2, 0.25) is 5.88 Å². The van der Waals surface area contributed by atoms with E-state index >= 15 is 0 Å². The molecule has 2 aromatic rings. The Morgan fingerprint density at radius 2 is 1.95 bits per heavy atom. The fourth-order valence-electron chi connectivity index (χ4n) is 7.52. The molecular formula is C32H50N8O3. The quantitative estimate of drug-likeness (QED) is 0.416. The number of hydrogen-bond donors (Lipinski definition) is 1. The van der Waals surface area contributed by atoms with Crippen LogP contribution in [0.25, 0.3) is 5.65 Å². The fourth-order valence-corrected chi connectivity index (χ4v) is 7.52. The number of anilines is 1. The second kappa shape index (κ2) is 13.4. The first-order valence-corrected chi connectivity index (χ1v) is 16.4. The van der Waals surface area contributed by atoms with Crippen molar-refractivity contribution in [2.45, 2.75) is 95.2 Å². The van der Waals surface area contributed by atoms with Crippen LogP contribution >= 0.6 is 0 Å². The summed E-state index contributed by atoms with van der Waals surface area (Å²) >= 11 is 0. The summed E-state index contributed by atoms with van der Waals surface area (Å²) in [5.41, 5.74) is 0.796. The number of nitrogens with zero attached hydrogens (tertiary/aromatic N) is 7. The monoisotopic (exact) mass is 594 g/mol. The molecule has 4 atom stereocenters. The van der Waals surface area contributed by atoms with Gasteiger partial charge < -0.3 is 29.5 Å². The Labute approximate surface area is 256 Å². The first kappa shape index (κ1) is 30.1. The molecule has 6 rings (SSSR count). The van der Waals surface area contributed by atoms with Crippen LogP contribution in [-0.2, 0) is 4.74 Å². The number of likely N-dealkylation sites (N-methyl/N-ethyl adjacent to an activating group) is 1. The molecule has 3 unspecified atom stereocenters. The molecule has 0 saturated carbocycles. The molecule has 1 N–H and O–H groups in total. The van der Waals surface area contributed by atoms with Crippen molar-refractivity contribution < 1.29 is 14.3 Å². The molecule has 2 aromatic heterocycles. The molecule has 4 saturated heterocycles. The second-order valence-corrected chi connectivity index (χ2v) is 13.3. The van der Waals surface area contributed by atoms with Gasteiger partial charge in [-0.25, -0.2) is 9.78 Å². The summed E-state index contributed by atoms with van der Waals surface area (Å²) in [5.74, 6) is 1.66. The van der Waals surface area contributed by atoms with Crippen LogP contribution < -0.4 is 15.0 Å². The largest absolute Gasteiger partial charge is 0.472 e. The number of carbonyl (C=O) groups is 1. The van der Waals surface area contributed by atoms with E-state index in [1.54, 1.807) is 0 Å². The lowest BCUT2D eigenvalue weighted by Crippen LogP contribution is -2.55. The van der Waals surface area contributed by atoms with Crippen molar-refractivity contribution in [1.29, 1.82) is 0 Å². The average Bonchev–Trinajstić information content (AvgIpc) is 3.67. The molecule has 4 aliphatic rings. The Bertz CT molecular complexity index is 1240. The van der Waals surface area contributed by atoms with E-state index in [9.17, 15) is 4.79 Å². The van der Waals surface area contributed by atoms with Crippen LogP contribution in [0.2, 0.25) is 0 Å². The number of carbonyl (C=O) groups excluding carboxylic acids is 1. The Balaban J connectivity index is 1.09. The Morgan fingerprint density at radius 3 is 2.67 bits per heavy atom. The summed E-state index contributed by atoms with van der Waals surface area (Å²) in [7, 11) is 4.15. The van der Waals surface area contributed by atoms with E-state index in [4.69, 9.17) is 14.6 Å². The molecule has 0 spiro atoms. The summed E-state index contributed by atoms with van der Waals surface area (Å²) in [4.78, 5) is 27.2. The maximum atomic E-state index is 13.5. The molecule has 0 aromatic carbocycles. The fraction of sp³-hybridized carbons (Fsp3) is 0.719. The average molecular weight is 595 g/mol. The van der Waals surface area contributed by atoms with Crippen LogP contribution in [0.5, 0.6) is 5.88 Å². The van der Waals surface area contributed by atoms with Gasteiger partial charge in [-0.15, -0.1) is 5.10 Å². The van der Waals surface area contributed by atoms with Crippen LogP contribution in [0, 0.1) is 0 Å². The van der Waals surface area contributed by atoms with Gasteiger partial charge in [-0.05, 0) is 85.5 Å². The zero-order valence-corrected chi connectivity index (χ0v) is 26.4. The topological polar surface area (TPSA) is 90.7 Å². The van der Waals surface area contributed by atoms with E-state index in [2.05, 4.69) is 76.1 Å². The van der Waals surface area contributed by atoms with Crippen molar-refractivity contribution in [3.8, 4) is 5.88 Å². The maximum Gasteiger partial charge on any atom is 0.410 e. The van der Waals surface area contributed by atoms with E-state index in [1.807, 2.05) is 16.8 Å². The highest BCUT2D eigenvalue weighted by molar-refractivity contribution is 5.69. The summed E-state index contributed by atoms with van der Waals surface area (Å²) in [6, 6.07) is 4.99. The third kappa shape index (κ3) is 6.94. The first-order valence-electron chi connectivity index (χ1n) is 16.4. The van der Waals surface area contributed by atoms with Gasteiger partial charge in [0.1, 0.15) is 18.0 Å². The highest BCUT2D eigenvalue weighted by atomic mass is 16.6. The lowest BCUT2D eigenvalue weighted by atomic mass is 9.95. The molecular weight excluding hydrogens is 544 g/mol. The van der Waals surface area contributed by atoms with Crippen molar-refractivity contribution in [3.05, 3.63) is 30.5 Å². The summed E-state index contributed by atoms with van der Waals surface area (Å²) in [6.07, 6.45) is 13.3. The summed E-state index contributed by atoms with van der Waals surface area (Å²) in [6.45, 7) is 10.0. The summed E-state index contributed by atoms with van der Waals surface area (Å²) in [5, 5.41) is 8.27. The zero-order valence-electron chi connectivity index (χ0n) is 26.4. The van der Waals surface area contributed by atoms with Gasteiger partial charge in [0.15, 0.2) is 5.65 Å². The lowest BCUT2D eigenvalue weighted by Gasteiger charge is -2.45. The first-order chi connectivity index (χ1) is 20.9. The predicted octanol–water partition coefficient (Wildman–Crippen LogP) is 3.40. The van der Waals surface area contributed by atoms with E-state index in [-0.39, 0.29) is 36.4 Å². The number of piperidine rings is 2. The number of likely N-dealkylation sites (tertiary alicyclic amines) is 1. The normalized spacial score (nSPS) is 28.0. The standard InChI is InChI=1S/C32H50N8O3/c1-23(2)38(31-11-14-34-29-20-30(35-40(29)31)42-27-8-7-13-33-21-27)26-18-24-9-10-25(19-26)39(24)32(41)43-28-12-17-37(22-28)16-6-5-15-36(3)4/h5-6,11,14,20,23-28,33H,7-10,12-13,15-19,21-22H2,1-4H3/b6-5+/t24?,25?,26?,27-,28?/m1/s1. The Morgan fingerprint density at radius 1 is 1.14 bits per heavy atom. The molecule has 11 heteroatoms. The Kier molecular flexibility index (Phi) is 9.39. The predicted molar refractivity (Wildman–Crippen MR) is 168 cm³/mol. The van der Waals surface area contributed by atoms with Crippen LogP contribution in [-0.4, -0.2) is 125 Å². The highest BCUT2D eigenvalue weighted by Crippen LogP contribution is 2.40. The number of amides is 1. The molecule has 6 heterocycles. The van der Waals surface area contributed by atoms with Gasteiger partial charge in [0, 0.05) is 69.2 Å². The van der Waals surface area contributed by atoms with Gasteiger partial charge in [0.05, 0.1) is 0 Å². The molecule has 236 valence electrons. The van der Waals surface area contributed by atoms with Crippen LogP contribution in [0.15, 0.2) is 30.5 Å². The lowest BCUT2D eigenvalue weighted by molar-refractivity contribution is 0.0385. The SMILES string of the molecule is CC(C)N(c1ccnc2cc(O[C@@H]3CCCNC3)nn12)C1CC2CCC(C1)N2C(=O)OC1CCN(C/C=C/CN(C)C)C1. The molecule has 4 aliphatic heterocycles. The minimum atomic E-state index is -0.116. The third-order valence-corrected chi connectivity index (χ3v) is 9.49. The van der Waals surface area contributed by atoms with Crippen LogP contribution in [0.4, 0.5) is 10.6 Å². The van der Waals surface area contributed by atoms with Gasteiger partial charge in [-0.1, -0.05) is 12.2 Å². The molecule has 43 heavy (non-hydrogen) atoms. The van der Waals surface area contributed by atoms with E-state index in [0.717, 1.165) is 95.7 Å². The third-order valence-electron chi connectivity index (χ3n) is 9.49. The molecule has 4 fully saturated rings. The van der Waals surface area contributed by atoms with Gasteiger partial charge >= 0.3 is 6.09 Å². The number of rotatable bonds is 10. The zero-order chi connectivity index (χ0) is 29.9. The van der Waals surface area contributed by atoms with Crippen molar-refractivity contribution in [2.24, 2.45) is 0 Å². The van der Waals surface area contributed by atoms with Gasteiger partial charge in [-0.3, -0.25) is 4.90 Å². The summed E-state index contributed by atoms with van der Waals surface area (Å²) < 4.78 is 14.3. The van der Waals surface area contributed by atoms with Crippen LogP contribution in [0.3, 0.4) is 0 Å². The number of nitrogens with one attached hydrogen (secondary N) is 1.